The second kappa shape index (κ2) is 8.53. The van der Waals surface area contributed by atoms with Crippen molar-refractivity contribution in [3.63, 3.8) is 0 Å². The molecule has 0 aromatic heterocycles. The van der Waals surface area contributed by atoms with E-state index in [9.17, 15) is 4.79 Å². The Hall–Kier alpha value is -1.55. The lowest BCUT2D eigenvalue weighted by atomic mass is 10.2. The predicted octanol–water partition coefficient (Wildman–Crippen LogP) is 3.33. The van der Waals surface area contributed by atoms with E-state index >= 15 is 0 Å². The van der Waals surface area contributed by atoms with Crippen molar-refractivity contribution in [3.8, 4) is 5.75 Å². The Morgan fingerprint density at radius 1 is 1.17 bits per heavy atom. The van der Waals surface area contributed by atoms with Crippen LogP contribution in [0.2, 0.25) is 0 Å². The van der Waals surface area contributed by atoms with Gasteiger partial charge in [0.15, 0.2) is 0 Å². The van der Waals surface area contributed by atoms with Gasteiger partial charge in [-0.3, -0.25) is 0 Å². The molecule has 4 heteroatoms. The van der Waals surface area contributed by atoms with Gasteiger partial charge in [0.2, 0.25) is 0 Å². The third-order valence-electron chi connectivity index (χ3n) is 2.39. The molecule has 0 amide bonds. The Labute approximate surface area is 108 Å². The zero-order valence-corrected chi connectivity index (χ0v) is 11.0. The molecular formula is C14H20O4. The summed E-state index contributed by atoms with van der Waals surface area (Å²) in [4.78, 5) is 11.4. The van der Waals surface area contributed by atoms with E-state index in [1.165, 1.54) is 0 Å². The second-order valence-electron chi connectivity index (χ2n) is 3.87. The lowest BCUT2D eigenvalue weighted by Crippen LogP contribution is -2.12. The number of carbonyl (C=O) groups excluding carboxylic acids is 1. The van der Waals surface area contributed by atoms with Gasteiger partial charge in [-0.05, 0) is 38.3 Å². The molecule has 0 saturated heterocycles. The molecule has 0 aliphatic rings. The fourth-order valence-electron chi connectivity index (χ4n) is 1.40. The van der Waals surface area contributed by atoms with Gasteiger partial charge in [-0.15, -0.1) is 0 Å². The lowest BCUT2D eigenvalue weighted by Gasteiger charge is -2.07. The van der Waals surface area contributed by atoms with Gasteiger partial charge in [0.05, 0.1) is 6.61 Å². The number of para-hydroxylation sites is 1. The molecule has 1 aromatic carbocycles. The summed E-state index contributed by atoms with van der Waals surface area (Å²) in [7, 11) is 0. The maximum Gasteiger partial charge on any atom is 0.513 e. The van der Waals surface area contributed by atoms with E-state index in [1.54, 1.807) is 6.07 Å². The third-order valence-corrected chi connectivity index (χ3v) is 2.39. The fraction of sp³-hybridized carbons (Fsp3) is 0.500. The van der Waals surface area contributed by atoms with Gasteiger partial charge >= 0.3 is 6.16 Å². The van der Waals surface area contributed by atoms with Crippen LogP contribution in [0.25, 0.3) is 0 Å². The highest BCUT2D eigenvalue weighted by Crippen LogP contribution is 2.16. The molecule has 0 unspecified atom stereocenters. The van der Waals surface area contributed by atoms with Crippen molar-refractivity contribution in [2.45, 2.75) is 26.7 Å². The van der Waals surface area contributed by atoms with Gasteiger partial charge in [0, 0.05) is 13.2 Å². The van der Waals surface area contributed by atoms with Gasteiger partial charge in [0.25, 0.3) is 0 Å². The number of hydrogen-bond acceptors (Lipinski definition) is 4. The number of carbonyl (C=O) groups is 1. The van der Waals surface area contributed by atoms with E-state index in [0.717, 1.165) is 25.0 Å². The Bertz CT molecular complexity index is 363. The Morgan fingerprint density at radius 2 is 1.89 bits per heavy atom. The summed E-state index contributed by atoms with van der Waals surface area (Å²) in [5, 5.41) is 0. The Balaban J connectivity index is 2.16. The van der Waals surface area contributed by atoms with Gasteiger partial charge in [-0.2, -0.15) is 0 Å². The monoisotopic (exact) mass is 252 g/mol. The Kier molecular flexibility index (Phi) is 6.87. The smallest absolute Gasteiger partial charge is 0.434 e. The highest BCUT2D eigenvalue weighted by molar-refractivity contribution is 5.64. The third kappa shape index (κ3) is 5.68. The minimum atomic E-state index is -0.652. The first kappa shape index (κ1) is 14.5. The van der Waals surface area contributed by atoms with Crippen molar-refractivity contribution < 1.29 is 19.0 Å². The SMILES string of the molecule is CCOCCCCOC(=O)Oc1ccccc1C. The standard InChI is InChI=1S/C14H20O4/c1-3-16-10-6-7-11-17-14(15)18-13-9-5-4-8-12(13)2/h4-5,8-9H,3,6-7,10-11H2,1-2H3. The van der Waals surface area contributed by atoms with E-state index in [1.807, 2.05) is 32.0 Å². The number of aryl methyl sites for hydroxylation is 1. The lowest BCUT2D eigenvalue weighted by molar-refractivity contribution is 0.0907. The van der Waals surface area contributed by atoms with Crippen molar-refractivity contribution >= 4 is 6.16 Å². The van der Waals surface area contributed by atoms with E-state index < -0.39 is 6.16 Å². The van der Waals surface area contributed by atoms with E-state index in [-0.39, 0.29) is 0 Å². The number of unbranched alkanes of at least 4 members (excludes halogenated alkanes) is 1. The molecule has 1 aromatic rings. The molecule has 0 fully saturated rings. The normalized spacial score (nSPS) is 10.1. The van der Waals surface area contributed by atoms with E-state index in [2.05, 4.69) is 0 Å². The summed E-state index contributed by atoms with van der Waals surface area (Å²) < 4.78 is 15.2. The first-order chi connectivity index (χ1) is 8.74. The fourth-order valence-corrected chi connectivity index (χ4v) is 1.40. The van der Waals surface area contributed by atoms with Crippen LogP contribution in [-0.4, -0.2) is 26.0 Å². The van der Waals surface area contributed by atoms with Crippen LogP contribution in [0.3, 0.4) is 0 Å². The van der Waals surface area contributed by atoms with Crippen molar-refractivity contribution in [2.24, 2.45) is 0 Å². The summed E-state index contributed by atoms with van der Waals surface area (Å²) in [6, 6.07) is 7.33. The molecule has 100 valence electrons. The predicted molar refractivity (Wildman–Crippen MR) is 68.9 cm³/mol. The minimum Gasteiger partial charge on any atom is -0.434 e. The first-order valence-corrected chi connectivity index (χ1v) is 6.22. The highest BCUT2D eigenvalue weighted by Gasteiger charge is 2.07. The molecule has 1 rings (SSSR count). The van der Waals surface area contributed by atoms with Crippen molar-refractivity contribution in [3.05, 3.63) is 29.8 Å². The largest absolute Gasteiger partial charge is 0.513 e. The van der Waals surface area contributed by atoms with Crippen molar-refractivity contribution in [1.29, 1.82) is 0 Å². The number of rotatable bonds is 7. The van der Waals surface area contributed by atoms with Crippen LogP contribution in [0.15, 0.2) is 24.3 Å². The molecule has 0 atom stereocenters. The quantitative estimate of drug-likeness (QED) is 0.424. The van der Waals surface area contributed by atoms with Crippen LogP contribution in [0.1, 0.15) is 25.3 Å². The molecule has 0 bridgehead atoms. The molecule has 18 heavy (non-hydrogen) atoms. The zero-order chi connectivity index (χ0) is 13.2. The molecule has 0 spiro atoms. The molecule has 0 radical (unpaired) electrons. The Morgan fingerprint density at radius 3 is 2.61 bits per heavy atom. The maximum absolute atomic E-state index is 11.4. The number of benzene rings is 1. The van der Waals surface area contributed by atoms with Crippen LogP contribution < -0.4 is 4.74 Å². The summed E-state index contributed by atoms with van der Waals surface area (Å²) in [6.07, 6.45) is 1.01. The molecule has 0 saturated carbocycles. The highest BCUT2D eigenvalue weighted by atomic mass is 16.7. The van der Waals surface area contributed by atoms with Crippen LogP contribution in [0.5, 0.6) is 5.75 Å². The van der Waals surface area contributed by atoms with E-state index in [0.29, 0.717) is 19.0 Å². The molecular weight excluding hydrogens is 232 g/mol. The average molecular weight is 252 g/mol. The second-order valence-corrected chi connectivity index (χ2v) is 3.87. The summed E-state index contributed by atoms with van der Waals surface area (Å²) in [5.74, 6) is 0.539. The van der Waals surface area contributed by atoms with Crippen LogP contribution in [-0.2, 0) is 9.47 Å². The minimum absolute atomic E-state index is 0.359. The summed E-state index contributed by atoms with van der Waals surface area (Å²) in [6.45, 7) is 5.61. The van der Waals surface area contributed by atoms with Gasteiger partial charge < -0.3 is 14.2 Å². The molecule has 0 heterocycles. The molecule has 0 aliphatic carbocycles. The molecule has 0 aliphatic heterocycles. The maximum atomic E-state index is 11.4. The number of ether oxygens (including phenoxy) is 3. The first-order valence-electron chi connectivity index (χ1n) is 6.22. The zero-order valence-electron chi connectivity index (χ0n) is 11.0. The van der Waals surface area contributed by atoms with Gasteiger partial charge in [0.1, 0.15) is 5.75 Å². The average Bonchev–Trinajstić information content (AvgIpc) is 2.36. The summed E-state index contributed by atoms with van der Waals surface area (Å²) >= 11 is 0. The van der Waals surface area contributed by atoms with Crippen LogP contribution in [0.4, 0.5) is 4.79 Å². The number of hydrogen-bond donors (Lipinski definition) is 0. The topological polar surface area (TPSA) is 44.8 Å². The summed E-state index contributed by atoms with van der Waals surface area (Å²) in [5.41, 5.74) is 0.908. The van der Waals surface area contributed by atoms with E-state index in [4.69, 9.17) is 14.2 Å². The van der Waals surface area contributed by atoms with Crippen molar-refractivity contribution in [2.75, 3.05) is 19.8 Å². The van der Waals surface area contributed by atoms with Gasteiger partial charge in [-0.1, -0.05) is 18.2 Å². The molecule has 4 nitrogen and oxygen atoms in total. The van der Waals surface area contributed by atoms with Gasteiger partial charge in [-0.25, -0.2) is 4.79 Å². The van der Waals surface area contributed by atoms with Crippen LogP contribution >= 0.6 is 0 Å². The van der Waals surface area contributed by atoms with Crippen LogP contribution in [0, 0.1) is 6.92 Å². The molecule has 0 N–H and O–H groups in total. The van der Waals surface area contributed by atoms with Crippen molar-refractivity contribution in [1.82, 2.24) is 0 Å².